The van der Waals surface area contributed by atoms with Crippen LogP contribution in [-0.2, 0) is 16.1 Å². The Morgan fingerprint density at radius 3 is 2.40 bits per heavy atom. The van der Waals surface area contributed by atoms with Crippen LogP contribution in [0.25, 0.3) is 0 Å². The van der Waals surface area contributed by atoms with Gasteiger partial charge in [0.05, 0.1) is 25.8 Å². The molecule has 30 heavy (non-hydrogen) atoms. The summed E-state index contributed by atoms with van der Waals surface area (Å²) in [5.74, 6) is -2.11. The summed E-state index contributed by atoms with van der Waals surface area (Å²) in [6, 6.07) is 8.95. The monoisotopic (exact) mass is 433 g/mol. The molecule has 3 rings (SSSR count). The normalized spacial score (nSPS) is 10.9. The van der Waals surface area contributed by atoms with Crippen molar-refractivity contribution in [3.63, 3.8) is 0 Å². The van der Waals surface area contributed by atoms with Crippen LogP contribution in [0.15, 0.2) is 48.0 Å². The van der Waals surface area contributed by atoms with Crippen LogP contribution in [0.5, 0.6) is 0 Å². The number of para-hydroxylation sites is 1. The zero-order valence-electron chi connectivity index (χ0n) is 16.3. The van der Waals surface area contributed by atoms with E-state index in [1.54, 1.807) is 40.1 Å². The van der Waals surface area contributed by atoms with Crippen LogP contribution in [0, 0.1) is 11.6 Å². The van der Waals surface area contributed by atoms with Gasteiger partial charge in [-0.25, -0.2) is 13.5 Å². The van der Waals surface area contributed by atoms with Gasteiger partial charge in [0.1, 0.15) is 23.1 Å². The highest BCUT2D eigenvalue weighted by Crippen LogP contribution is 2.18. The molecule has 0 aliphatic rings. The molecule has 2 heterocycles. The second-order valence-electron chi connectivity index (χ2n) is 6.45. The van der Waals surface area contributed by atoms with E-state index in [1.807, 2.05) is 17.5 Å². The number of hydrogen-bond donors (Lipinski definition) is 2. The van der Waals surface area contributed by atoms with Crippen LogP contribution in [0.2, 0.25) is 0 Å². The SMILES string of the molecule is CCN(CC(=O)Nc1c(F)cccc1F)CC(=O)Nc1ccnn1Cc1cccs1. The van der Waals surface area contributed by atoms with Crippen LogP contribution in [0.1, 0.15) is 11.8 Å². The maximum Gasteiger partial charge on any atom is 0.239 e. The zero-order valence-corrected chi connectivity index (χ0v) is 17.1. The van der Waals surface area contributed by atoms with Crippen molar-refractivity contribution in [2.45, 2.75) is 13.5 Å². The minimum absolute atomic E-state index is 0.0617. The van der Waals surface area contributed by atoms with E-state index in [9.17, 15) is 18.4 Å². The number of anilines is 2. The summed E-state index contributed by atoms with van der Waals surface area (Å²) in [7, 11) is 0. The zero-order chi connectivity index (χ0) is 21.5. The molecule has 0 radical (unpaired) electrons. The van der Waals surface area contributed by atoms with Crippen LogP contribution >= 0.6 is 11.3 Å². The summed E-state index contributed by atoms with van der Waals surface area (Å²) in [4.78, 5) is 27.3. The average Bonchev–Trinajstić information content (AvgIpc) is 3.37. The Morgan fingerprint density at radius 2 is 1.77 bits per heavy atom. The van der Waals surface area contributed by atoms with Crippen molar-refractivity contribution in [1.82, 2.24) is 14.7 Å². The van der Waals surface area contributed by atoms with E-state index in [0.717, 1.165) is 17.0 Å². The Bertz CT molecular complexity index is 986. The fraction of sp³-hybridized carbons (Fsp3) is 0.250. The first kappa shape index (κ1) is 21.6. The summed E-state index contributed by atoms with van der Waals surface area (Å²) >= 11 is 1.59. The summed E-state index contributed by atoms with van der Waals surface area (Å²) < 4.78 is 29.0. The third-order valence-corrected chi connectivity index (χ3v) is 5.14. The Morgan fingerprint density at radius 1 is 1.07 bits per heavy atom. The number of amides is 2. The Balaban J connectivity index is 1.55. The molecule has 0 aliphatic carbocycles. The fourth-order valence-electron chi connectivity index (χ4n) is 2.78. The second kappa shape index (κ2) is 10.1. The fourth-order valence-corrected chi connectivity index (χ4v) is 3.47. The number of aromatic nitrogens is 2. The number of nitrogens with one attached hydrogen (secondary N) is 2. The van der Waals surface area contributed by atoms with Gasteiger partial charge in [0.25, 0.3) is 0 Å². The van der Waals surface area contributed by atoms with Gasteiger partial charge in [-0.05, 0) is 30.1 Å². The molecule has 2 N–H and O–H groups in total. The molecule has 2 amide bonds. The highest BCUT2D eigenvalue weighted by Gasteiger charge is 2.17. The van der Waals surface area contributed by atoms with E-state index in [2.05, 4.69) is 15.7 Å². The molecule has 0 saturated carbocycles. The molecule has 0 unspecified atom stereocenters. The van der Waals surface area contributed by atoms with Gasteiger partial charge in [0.15, 0.2) is 0 Å². The number of thiophene rings is 1. The van der Waals surface area contributed by atoms with E-state index in [0.29, 0.717) is 18.9 Å². The minimum Gasteiger partial charge on any atom is -0.320 e. The molecule has 10 heteroatoms. The first-order chi connectivity index (χ1) is 14.5. The summed E-state index contributed by atoms with van der Waals surface area (Å²) in [6.45, 7) is 2.47. The standard InChI is InChI=1S/C20H21F2N5O2S/c1-2-26(13-19(29)25-20-15(21)6-3-7-16(20)22)12-18(28)24-17-8-9-23-27(17)11-14-5-4-10-30-14/h3-10H,2,11-13H2,1H3,(H,24,28)(H,25,29). The van der Waals surface area contributed by atoms with E-state index in [1.165, 1.54) is 6.07 Å². The Kier molecular flexibility index (Phi) is 7.26. The van der Waals surface area contributed by atoms with Gasteiger partial charge in [0, 0.05) is 10.9 Å². The lowest BCUT2D eigenvalue weighted by Crippen LogP contribution is -2.39. The smallest absolute Gasteiger partial charge is 0.239 e. The maximum absolute atomic E-state index is 13.7. The number of benzene rings is 1. The number of likely N-dealkylation sites (N-methyl/N-ethyl adjacent to an activating group) is 1. The van der Waals surface area contributed by atoms with E-state index >= 15 is 0 Å². The molecular weight excluding hydrogens is 412 g/mol. The molecule has 0 spiro atoms. The van der Waals surface area contributed by atoms with Gasteiger partial charge in [-0.3, -0.25) is 14.5 Å². The molecule has 2 aromatic heterocycles. The van der Waals surface area contributed by atoms with Crippen molar-refractivity contribution in [3.8, 4) is 0 Å². The number of nitrogens with zero attached hydrogens (tertiary/aromatic N) is 3. The Labute approximate surface area is 176 Å². The van der Waals surface area contributed by atoms with Crippen LogP contribution in [0.4, 0.5) is 20.3 Å². The molecule has 0 aliphatic heterocycles. The molecule has 158 valence electrons. The first-order valence-electron chi connectivity index (χ1n) is 9.26. The predicted octanol–water partition coefficient (Wildman–Crippen LogP) is 3.17. The molecule has 3 aromatic rings. The lowest BCUT2D eigenvalue weighted by molar-refractivity contribution is -0.120. The van der Waals surface area contributed by atoms with Gasteiger partial charge in [-0.15, -0.1) is 11.3 Å². The van der Waals surface area contributed by atoms with Crippen molar-refractivity contribution in [3.05, 3.63) is 64.5 Å². The topological polar surface area (TPSA) is 79.3 Å². The van der Waals surface area contributed by atoms with Gasteiger partial charge in [-0.1, -0.05) is 19.1 Å². The molecule has 0 saturated heterocycles. The molecule has 7 nitrogen and oxygen atoms in total. The molecule has 1 aromatic carbocycles. The second-order valence-corrected chi connectivity index (χ2v) is 7.48. The highest BCUT2D eigenvalue weighted by molar-refractivity contribution is 7.09. The van der Waals surface area contributed by atoms with Crippen molar-refractivity contribution >= 4 is 34.7 Å². The van der Waals surface area contributed by atoms with Gasteiger partial charge in [-0.2, -0.15) is 5.10 Å². The third-order valence-electron chi connectivity index (χ3n) is 4.28. The van der Waals surface area contributed by atoms with Crippen molar-refractivity contribution in [2.75, 3.05) is 30.3 Å². The highest BCUT2D eigenvalue weighted by atomic mass is 32.1. The van der Waals surface area contributed by atoms with Crippen LogP contribution < -0.4 is 10.6 Å². The Hall–Kier alpha value is -3.11. The number of rotatable bonds is 9. The number of hydrogen-bond acceptors (Lipinski definition) is 5. The van der Waals surface area contributed by atoms with Gasteiger partial charge < -0.3 is 10.6 Å². The molecule has 0 atom stereocenters. The molecular formula is C20H21F2N5O2S. The minimum atomic E-state index is -0.858. The van der Waals surface area contributed by atoms with E-state index < -0.39 is 23.2 Å². The van der Waals surface area contributed by atoms with Crippen molar-refractivity contribution < 1.29 is 18.4 Å². The number of carbonyl (C=O) groups is 2. The van der Waals surface area contributed by atoms with Gasteiger partial charge >= 0.3 is 0 Å². The van der Waals surface area contributed by atoms with Crippen LogP contribution in [-0.4, -0.2) is 46.1 Å². The van der Waals surface area contributed by atoms with E-state index in [4.69, 9.17) is 0 Å². The molecule has 0 fully saturated rings. The van der Waals surface area contributed by atoms with Crippen molar-refractivity contribution in [2.24, 2.45) is 0 Å². The summed E-state index contributed by atoms with van der Waals surface area (Å²) in [6.07, 6.45) is 1.59. The first-order valence-corrected chi connectivity index (χ1v) is 10.1. The molecule has 0 bridgehead atoms. The largest absolute Gasteiger partial charge is 0.320 e. The number of halogens is 2. The lowest BCUT2D eigenvalue weighted by atomic mass is 10.3. The van der Waals surface area contributed by atoms with E-state index in [-0.39, 0.29) is 19.0 Å². The predicted molar refractivity (Wildman–Crippen MR) is 111 cm³/mol. The maximum atomic E-state index is 13.7. The third kappa shape index (κ3) is 5.71. The summed E-state index contributed by atoms with van der Waals surface area (Å²) in [5, 5.41) is 11.2. The lowest BCUT2D eigenvalue weighted by Gasteiger charge is -2.19. The summed E-state index contributed by atoms with van der Waals surface area (Å²) in [5.41, 5.74) is -0.500. The van der Waals surface area contributed by atoms with Crippen molar-refractivity contribution in [1.29, 1.82) is 0 Å². The number of carbonyl (C=O) groups excluding carboxylic acids is 2. The quantitative estimate of drug-likeness (QED) is 0.543. The van der Waals surface area contributed by atoms with Gasteiger partial charge in [0.2, 0.25) is 11.8 Å². The average molecular weight is 433 g/mol. The van der Waals surface area contributed by atoms with Crippen LogP contribution in [0.3, 0.4) is 0 Å².